The zero-order valence-corrected chi connectivity index (χ0v) is 12.7. The third-order valence-corrected chi connectivity index (χ3v) is 1.37. The summed E-state index contributed by atoms with van der Waals surface area (Å²) in [5.74, 6) is -0.296. The minimum atomic E-state index is -0.525. The molecule has 0 aromatic carbocycles. The van der Waals surface area contributed by atoms with Gasteiger partial charge in [-0.05, 0) is 6.92 Å². The molecule has 9 nitrogen and oxygen atoms in total. The maximum Gasteiger partial charge on any atom is 0.406 e. The Labute approximate surface area is 124 Å². The van der Waals surface area contributed by atoms with Gasteiger partial charge in [-0.2, -0.15) is 10.5 Å². The normalized spacial score (nSPS) is 7.14. The number of alkyl carbamates (subject to hydrolysis) is 1. The van der Waals surface area contributed by atoms with Crippen molar-refractivity contribution >= 4 is 12.1 Å². The van der Waals surface area contributed by atoms with E-state index in [9.17, 15) is 9.59 Å². The van der Waals surface area contributed by atoms with E-state index in [1.54, 1.807) is 13.8 Å². The quantitative estimate of drug-likeness (QED) is 0.450. The molecule has 0 aliphatic heterocycles. The minimum absolute atomic E-state index is 0.0887. The molecule has 0 unspecified atom stereocenters. The van der Waals surface area contributed by atoms with Gasteiger partial charge in [0.2, 0.25) is 0 Å². The highest BCUT2D eigenvalue weighted by molar-refractivity contribution is 5.69. The molecule has 9 heteroatoms. The van der Waals surface area contributed by atoms with Crippen LogP contribution in [0.2, 0.25) is 0 Å². The number of nitrogens with zero attached hydrogens (tertiary/aromatic N) is 2. The van der Waals surface area contributed by atoms with Crippen molar-refractivity contribution in [1.82, 2.24) is 5.32 Å². The highest BCUT2D eigenvalue weighted by Crippen LogP contribution is 1.84. The molecule has 1 N–H and O–H groups in total. The van der Waals surface area contributed by atoms with Crippen LogP contribution in [0, 0.1) is 23.0 Å². The van der Waals surface area contributed by atoms with E-state index in [4.69, 9.17) is 10.5 Å². The Morgan fingerprint density at radius 2 is 1.62 bits per heavy atom. The lowest BCUT2D eigenvalue weighted by molar-refractivity contribution is -0.144. The smallest absolute Gasteiger partial charge is 0.406 e. The molecule has 1 amide bonds. The average Bonchev–Trinajstić information content (AvgIpc) is 2.52. The predicted molar refractivity (Wildman–Crippen MR) is 71.5 cm³/mol. The zero-order chi connectivity index (χ0) is 16.9. The van der Waals surface area contributed by atoms with E-state index < -0.39 is 6.09 Å². The fraction of sp³-hybridized carbons (Fsp3) is 0.667. The van der Waals surface area contributed by atoms with Crippen LogP contribution in [0.4, 0.5) is 4.79 Å². The lowest BCUT2D eigenvalue weighted by Gasteiger charge is -2.04. The first-order chi connectivity index (χ1) is 10.0. The lowest BCUT2D eigenvalue weighted by atomic mass is 10.5. The predicted octanol–water partition coefficient (Wildman–Crippen LogP) is 0.913. The number of ether oxygens (including phenoxy) is 4. The Kier molecular flexibility index (Phi) is 25.1. The molecule has 0 aliphatic rings. The van der Waals surface area contributed by atoms with E-state index in [1.165, 1.54) is 26.7 Å². The van der Waals surface area contributed by atoms with Gasteiger partial charge in [-0.25, -0.2) is 4.79 Å². The van der Waals surface area contributed by atoms with Crippen LogP contribution < -0.4 is 5.32 Å². The second-order valence-corrected chi connectivity index (χ2v) is 2.78. The molecule has 0 bridgehead atoms. The number of carbonyl (C=O) groups excluding carboxylic acids is 2. The van der Waals surface area contributed by atoms with Crippen molar-refractivity contribution < 1.29 is 28.5 Å². The van der Waals surface area contributed by atoms with Crippen molar-refractivity contribution in [2.75, 3.05) is 34.0 Å². The van der Waals surface area contributed by atoms with Gasteiger partial charge in [0.05, 0.1) is 13.7 Å². The maximum absolute atomic E-state index is 10.5. The molecule has 0 atom stereocenters. The molecule has 0 rings (SSSR count). The number of hydrogen-bond acceptors (Lipinski definition) is 8. The number of hydrogen-bond donors (Lipinski definition) is 1. The molecule has 0 aromatic heterocycles. The molecule has 120 valence electrons. The molecule has 0 heterocycles. The summed E-state index contributed by atoms with van der Waals surface area (Å²) < 4.78 is 17.2. The zero-order valence-electron chi connectivity index (χ0n) is 12.7. The number of amides is 1. The fourth-order valence-corrected chi connectivity index (χ4v) is 0.529. The summed E-state index contributed by atoms with van der Waals surface area (Å²) in [7, 11) is 2.78. The van der Waals surface area contributed by atoms with Crippen LogP contribution in [0.5, 0.6) is 0 Å². The van der Waals surface area contributed by atoms with Gasteiger partial charge >= 0.3 is 12.1 Å². The van der Waals surface area contributed by atoms with Crippen LogP contribution in [0.3, 0.4) is 0 Å². The Bertz CT molecular complexity index is 317. The molecule has 0 aliphatic carbocycles. The van der Waals surface area contributed by atoms with Crippen molar-refractivity contribution in [2.45, 2.75) is 20.3 Å². The molecule has 0 radical (unpaired) electrons. The largest absolute Gasteiger partial charge is 0.462 e. The fourth-order valence-electron chi connectivity index (χ4n) is 0.529. The van der Waals surface area contributed by atoms with Crippen LogP contribution in [0.25, 0.3) is 0 Å². The summed E-state index contributed by atoms with van der Waals surface area (Å²) >= 11 is 0. The maximum atomic E-state index is 10.5. The summed E-state index contributed by atoms with van der Waals surface area (Å²) in [6.45, 7) is 4.15. The van der Waals surface area contributed by atoms with Crippen LogP contribution in [0.1, 0.15) is 20.3 Å². The van der Waals surface area contributed by atoms with Gasteiger partial charge in [0, 0.05) is 13.5 Å². The number of methoxy groups -OCH3 is 1. The average molecular weight is 303 g/mol. The summed E-state index contributed by atoms with van der Waals surface area (Å²) in [5, 5.41) is 17.3. The van der Waals surface area contributed by atoms with Gasteiger partial charge in [0.1, 0.15) is 13.2 Å². The topological polar surface area (TPSA) is 131 Å². The number of esters is 1. The summed E-state index contributed by atoms with van der Waals surface area (Å²) in [5.41, 5.74) is 0. The first kappa shape index (κ1) is 23.4. The molecular weight excluding hydrogens is 282 g/mol. The van der Waals surface area contributed by atoms with Crippen molar-refractivity contribution in [1.29, 1.82) is 10.5 Å². The molecule has 0 aromatic rings. The first-order valence-corrected chi connectivity index (χ1v) is 5.96. The minimum Gasteiger partial charge on any atom is -0.462 e. The van der Waals surface area contributed by atoms with Gasteiger partial charge in [-0.1, -0.05) is 6.92 Å². The van der Waals surface area contributed by atoms with Gasteiger partial charge in [-0.3, -0.25) is 4.79 Å². The second kappa shape index (κ2) is 22.5. The SMILES string of the molecule is CCC(=O)OCCOC(=O)NC.CCOC#N.COC#N. The third-order valence-electron chi connectivity index (χ3n) is 1.37. The Balaban J connectivity index is -0.000000297. The number of carbonyl (C=O) groups is 2. The van der Waals surface area contributed by atoms with E-state index in [2.05, 4.69) is 24.3 Å². The van der Waals surface area contributed by atoms with E-state index >= 15 is 0 Å². The Hall–Kier alpha value is -2.68. The van der Waals surface area contributed by atoms with Crippen LogP contribution in [0.15, 0.2) is 0 Å². The van der Waals surface area contributed by atoms with Crippen LogP contribution >= 0.6 is 0 Å². The van der Waals surface area contributed by atoms with Gasteiger partial charge in [0.25, 0.3) is 12.5 Å². The standard InChI is InChI=1S/C7H13NO4.C3H5NO.C2H3NO/c1-3-6(9)11-4-5-12-7(10)8-2;1-2-5-3-4;1-4-2-3/h3-5H2,1-2H3,(H,8,10);2H2,1H3;1H3. The third kappa shape index (κ3) is 31.7. The van der Waals surface area contributed by atoms with E-state index in [-0.39, 0.29) is 19.2 Å². The van der Waals surface area contributed by atoms with Crippen molar-refractivity contribution in [3.05, 3.63) is 0 Å². The highest BCUT2D eigenvalue weighted by atomic mass is 16.6. The van der Waals surface area contributed by atoms with Crippen molar-refractivity contribution in [3.8, 4) is 12.5 Å². The molecule has 0 saturated heterocycles. The van der Waals surface area contributed by atoms with Crippen LogP contribution in [-0.2, 0) is 23.7 Å². The second-order valence-electron chi connectivity index (χ2n) is 2.78. The summed E-state index contributed by atoms with van der Waals surface area (Å²) in [6.07, 6.45) is 2.76. The number of nitrogens with one attached hydrogen (secondary N) is 1. The molecule has 0 saturated carbocycles. The Morgan fingerprint density at radius 1 is 1.10 bits per heavy atom. The van der Waals surface area contributed by atoms with E-state index in [0.717, 1.165) is 0 Å². The number of rotatable bonds is 5. The monoisotopic (exact) mass is 303 g/mol. The van der Waals surface area contributed by atoms with E-state index in [0.29, 0.717) is 13.0 Å². The molecule has 0 spiro atoms. The van der Waals surface area contributed by atoms with Gasteiger partial charge in [0.15, 0.2) is 0 Å². The molecular formula is C12H21N3O6. The number of nitriles is 2. The van der Waals surface area contributed by atoms with Gasteiger partial charge < -0.3 is 24.3 Å². The van der Waals surface area contributed by atoms with Crippen molar-refractivity contribution in [3.63, 3.8) is 0 Å². The first-order valence-electron chi connectivity index (χ1n) is 5.96. The summed E-state index contributed by atoms with van der Waals surface area (Å²) in [6, 6.07) is 0. The van der Waals surface area contributed by atoms with Crippen LogP contribution in [-0.4, -0.2) is 46.0 Å². The van der Waals surface area contributed by atoms with E-state index in [1.807, 2.05) is 0 Å². The lowest BCUT2D eigenvalue weighted by Crippen LogP contribution is -2.21. The molecule has 0 fully saturated rings. The molecule has 21 heavy (non-hydrogen) atoms. The van der Waals surface area contributed by atoms with Crippen molar-refractivity contribution in [2.24, 2.45) is 0 Å². The summed E-state index contributed by atoms with van der Waals surface area (Å²) in [4.78, 5) is 21.0. The van der Waals surface area contributed by atoms with Gasteiger partial charge in [-0.15, -0.1) is 0 Å². The Morgan fingerprint density at radius 3 is 1.90 bits per heavy atom. The highest BCUT2D eigenvalue weighted by Gasteiger charge is 1.99.